The van der Waals surface area contributed by atoms with E-state index in [0.717, 1.165) is 39.3 Å². The second-order valence-electron chi connectivity index (χ2n) is 8.05. The molecule has 176 valence electrons. The molecule has 1 aromatic heterocycles. The maximum absolute atomic E-state index is 11.6. The molecular formula is C28H29NO5. The van der Waals surface area contributed by atoms with E-state index >= 15 is 0 Å². The first kappa shape index (κ1) is 23.2. The Kier molecular flexibility index (Phi) is 7.71. The number of methoxy groups -OCH3 is 1. The van der Waals surface area contributed by atoms with Crippen LogP contribution >= 0.6 is 0 Å². The molecule has 0 bridgehead atoms. The van der Waals surface area contributed by atoms with Crippen molar-refractivity contribution in [3.05, 3.63) is 89.6 Å². The molecule has 0 aliphatic heterocycles. The van der Waals surface area contributed by atoms with Gasteiger partial charge >= 0.3 is 5.97 Å². The molecule has 0 saturated carbocycles. The highest BCUT2D eigenvalue weighted by Crippen LogP contribution is 2.28. The molecule has 0 atom stereocenters. The van der Waals surface area contributed by atoms with Crippen LogP contribution in [0.25, 0.3) is 10.9 Å². The van der Waals surface area contributed by atoms with Crippen LogP contribution in [-0.4, -0.2) is 31.3 Å². The van der Waals surface area contributed by atoms with Crippen molar-refractivity contribution in [2.75, 3.05) is 20.3 Å². The minimum atomic E-state index is -0.271. The zero-order chi connectivity index (χ0) is 23.8. The van der Waals surface area contributed by atoms with E-state index in [0.29, 0.717) is 26.2 Å². The van der Waals surface area contributed by atoms with Gasteiger partial charge in [-0.3, -0.25) is 4.79 Å². The Bertz CT molecular complexity index is 1230. The van der Waals surface area contributed by atoms with Crippen molar-refractivity contribution in [1.82, 2.24) is 4.98 Å². The topological polar surface area (TPSA) is 69.8 Å². The molecule has 0 aliphatic carbocycles. The number of carbonyl (C=O) groups is 1. The van der Waals surface area contributed by atoms with Gasteiger partial charge in [0.1, 0.15) is 12.4 Å². The second kappa shape index (κ2) is 11.3. The number of esters is 1. The average Bonchev–Trinajstić information content (AvgIpc) is 3.26. The number of hydrogen-bond donors (Lipinski definition) is 1. The number of aromatic amines is 1. The molecule has 3 aromatic carbocycles. The molecule has 0 saturated heterocycles. The van der Waals surface area contributed by atoms with Crippen molar-refractivity contribution >= 4 is 16.9 Å². The summed E-state index contributed by atoms with van der Waals surface area (Å²) in [5, 5.41) is 0.957. The lowest BCUT2D eigenvalue weighted by Gasteiger charge is -2.13. The summed E-state index contributed by atoms with van der Waals surface area (Å²) in [6.07, 6.45) is 2.77. The van der Waals surface area contributed by atoms with Gasteiger partial charge in [-0.05, 0) is 48.4 Å². The summed E-state index contributed by atoms with van der Waals surface area (Å²) >= 11 is 0. The summed E-state index contributed by atoms with van der Waals surface area (Å²) < 4.78 is 22.6. The van der Waals surface area contributed by atoms with Crippen LogP contribution in [0.3, 0.4) is 0 Å². The molecule has 6 heteroatoms. The maximum atomic E-state index is 11.6. The number of aromatic nitrogens is 1. The van der Waals surface area contributed by atoms with E-state index in [1.807, 2.05) is 48.7 Å². The number of H-pyrrole nitrogens is 1. The third-order valence-corrected chi connectivity index (χ3v) is 5.48. The van der Waals surface area contributed by atoms with Gasteiger partial charge in [0.2, 0.25) is 0 Å². The van der Waals surface area contributed by atoms with Crippen LogP contribution in [-0.2, 0) is 22.6 Å². The van der Waals surface area contributed by atoms with Crippen LogP contribution < -0.4 is 14.2 Å². The third kappa shape index (κ3) is 6.10. The summed E-state index contributed by atoms with van der Waals surface area (Å²) in [5.41, 5.74) is 4.18. The number of fused-ring (bicyclic) bond motifs is 1. The standard InChI is InChI=1S/C28H29NO5/c1-20-8-10-21(11-9-20)19-34-27-7-4-3-6-26(27)33-15-5-14-32-23-12-13-25-24(17-23)22(18-29-25)16-28(30)31-2/h3-4,6-13,17-18,29H,5,14-16,19H2,1-2H3. The van der Waals surface area contributed by atoms with E-state index in [4.69, 9.17) is 18.9 Å². The zero-order valence-electron chi connectivity index (χ0n) is 19.5. The molecule has 34 heavy (non-hydrogen) atoms. The molecular weight excluding hydrogens is 430 g/mol. The number of aryl methyl sites for hydroxylation is 1. The smallest absolute Gasteiger partial charge is 0.310 e. The lowest BCUT2D eigenvalue weighted by atomic mass is 10.1. The summed E-state index contributed by atoms with van der Waals surface area (Å²) in [6, 6.07) is 21.8. The quantitative estimate of drug-likeness (QED) is 0.233. The van der Waals surface area contributed by atoms with E-state index < -0.39 is 0 Å². The molecule has 0 unspecified atom stereocenters. The van der Waals surface area contributed by atoms with Crippen LogP contribution in [0.4, 0.5) is 0 Å². The van der Waals surface area contributed by atoms with Gasteiger partial charge in [-0.1, -0.05) is 42.0 Å². The minimum absolute atomic E-state index is 0.221. The average molecular weight is 460 g/mol. The fourth-order valence-electron chi connectivity index (χ4n) is 3.59. The summed E-state index contributed by atoms with van der Waals surface area (Å²) in [7, 11) is 1.39. The number of benzene rings is 3. The molecule has 1 heterocycles. The van der Waals surface area contributed by atoms with Crippen LogP contribution in [0.5, 0.6) is 17.2 Å². The van der Waals surface area contributed by atoms with Gasteiger partial charge in [0, 0.05) is 23.5 Å². The molecule has 0 amide bonds. The number of carbonyl (C=O) groups excluding carboxylic acids is 1. The first-order chi connectivity index (χ1) is 16.6. The predicted octanol–water partition coefficient (Wildman–Crippen LogP) is 5.62. The minimum Gasteiger partial charge on any atom is -0.493 e. The van der Waals surface area contributed by atoms with E-state index in [9.17, 15) is 4.79 Å². The van der Waals surface area contributed by atoms with Crippen molar-refractivity contribution < 1.29 is 23.7 Å². The Morgan fingerprint density at radius 1 is 0.882 bits per heavy atom. The van der Waals surface area contributed by atoms with Gasteiger partial charge in [-0.25, -0.2) is 0 Å². The van der Waals surface area contributed by atoms with Gasteiger partial charge in [0.05, 0.1) is 26.7 Å². The Balaban J connectivity index is 1.26. The van der Waals surface area contributed by atoms with Crippen molar-refractivity contribution in [3.63, 3.8) is 0 Å². The van der Waals surface area contributed by atoms with Crippen molar-refractivity contribution in [1.29, 1.82) is 0 Å². The molecule has 0 radical (unpaired) electrons. The van der Waals surface area contributed by atoms with E-state index in [2.05, 4.69) is 36.2 Å². The molecule has 1 N–H and O–H groups in total. The number of ether oxygens (including phenoxy) is 4. The van der Waals surface area contributed by atoms with E-state index in [1.165, 1.54) is 12.7 Å². The maximum Gasteiger partial charge on any atom is 0.310 e. The molecule has 0 aliphatic rings. The van der Waals surface area contributed by atoms with Gasteiger partial charge < -0.3 is 23.9 Å². The summed E-state index contributed by atoms with van der Waals surface area (Å²) in [4.78, 5) is 14.8. The Morgan fingerprint density at radius 3 is 2.38 bits per heavy atom. The van der Waals surface area contributed by atoms with Gasteiger partial charge in [0.25, 0.3) is 0 Å². The van der Waals surface area contributed by atoms with Crippen molar-refractivity contribution in [2.24, 2.45) is 0 Å². The largest absolute Gasteiger partial charge is 0.493 e. The normalized spacial score (nSPS) is 10.8. The van der Waals surface area contributed by atoms with Crippen LogP contribution in [0.1, 0.15) is 23.1 Å². The lowest BCUT2D eigenvalue weighted by molar-refractivity contribution is -0.139. The highest BCUT2D eigenvalue weighted by atomic mass is 16.5. The summed E-state index contributed by atoms with van der Waals surface area (Å²) in [6.45, 7) is 3.57. The Labute approximate surface area is 199 Å². The Hall–Kier alpha value is -3.93. The highest BCUT2D eigenvalue weighted by Gasteiger charge is 2.10. The fraction of sp³-hybridized carbons (Fsp3) is 0.250. The van der Waals surface area contributed by atoms with Gasteiger partial charge in [0.15, 0.2) is 11.5 Å². The first-order valence-electron chi connectivity index (χ1n) is 11.3. The molecule has 4 rings (SSSR count). The van der Waals surface area contributed by atoms with Crippen LogP contribution in [0.2, 0.25) is 0 Å². The van der Waals surface area contributed by atoms with Crippen molar-refractivity contribution in [3.8, 4) is 17.2 Å². The molecule has 0 spiro atoms. The number of nitrogens with one attached hydrogen (secondary N) is 1. The second-order valence-corrected chi connectivity index (χ2v) is 8.05. The van der Waals surface area contributed by atoms with Crippen LogP contribution in [0, 0.1) is 6.92 Å². The number of hydrogen-bond acceptors (Lipinski definition) is 5. The van der Waals surface area contributed by atoms with Gasteiger partial charge in [-0.2, -0.15) is 0 Å². The molecule has 6 nitrogen and oxygen atoms in total. The Morgan fingerprint density at radius 2 is 1.62 bits per heavy atom. The molecule has 4 aromatic rings. The third-order valence-electron chi connectivity index (χ3n) is 5.48. The van der Waals surface area contributed by atoms with Crippen LogP contribution in [0.15, 0.2) is 72.9 Å². The fourth-order valence-corrected chi connectivity index (χ4v) is 3.59. The number of para-hydroxylation sites is 2. The first-order valence-corrected chi connectivity index (χ1v) is 11.3. The number of rotatable bonds is 11. The zero-order valence-corrected chi connectivity index (χ0v) is 19.5. The molecule has 0 fully saturated rings. The lowest BCUT2D eigenvalue weighted by Crippen LogP contribution is -2.06. The SMILES string of the molecule is COC(=O)Cc1c[nH]c2ccc(OCCCOc3ccccc3OCc3ccc(C)cc3)cc12. The van der Waals surface area contributed by atoms with E-state index in [-0.39, 0.29) is 12.4 Å². The predicted molar refractivity (Wildman–Crippen MR) is 132 cm³/mol. The highest BCUT2D eigenvalue weighted by molar-refractivity contribution is 5.88. The van der Waals surface area contributed by atoms with E-state index in [1.54, 1.807) is 0 Å². The monoisotopic (exact) mass is 459 g/mol. The summed E-state index contributed by atoms with van der Waals surface area (Å²) in [5.74, 6) is 1.92. The van der Waals surface area contributed by atoms with Gasteiger partial charge in [-0.15, -0.1) is 0 Å². The van der Waals surface area contributed by atoms with Crippen molar-refractivity contribution in [2.45, 2.75) is 26.4 Å².